The molecular formula is C20H27N7O2. The molecule has 9 nitrogen and oxygen atoms in total. The first-order valence-electron chi connectivity index (χ1n) is 10.1. The van der Waals surface area contributed by atoms with E-state index in [0.717, 1.165) is 32.4 Å². The molecule has 154 valence electrons. The van der Waals surface area contributed by atoms with Gasteiger partial charge < -0.3 is 15.1 Å². The molecule has 0 aromatic carbocycles. The molecule has 2 amide bonds. The summed E-state index contributed by atoms with van der Waals surface area (Å²) in [7, 11) is 3.82. The first-order chi connectivity index (χ1) is 14.0. The summed E-state index contributed by atoms with van der Waals surface area (Å²) >= 11 is 0. The van der Waals surface area contributed by atoms with Crippen molar-refractivity contribution in [3.63, 3.8) is 0 Å². The Morgan fingerprint density at radius 3 is 2.72 bits per heavy atom. The van der Waals surface area contributed by atoms with Crippen LogP contribution in [0.5, 0.6) is 0 Å². The van der Waals surface area contributed by atoms with E-state index < -0.39 is 0 Å². The number of rotatable bonds is 5. The minimum absolute atomic E-state index is 0.0683. The van der Waals surface area contributed by atoms with Gasteiger partial charge in [0.2, 0.25) is 5.91 Å². The maximum absolute atomic E-state index is 12.9. The van der Waals surface area contributed by atoms with Crippen LogP contribution in [0.3, 0.4) is 0 Å². The lowest BCUT2D eigenvalue weighted by atomic mass is 9.78. The van der Waals surface area contributed by atoms with Crippen LogP contribution in [-0.4, -0.2) is 81.1 Å². The topological polar surface area (TPSA) is 96.2 Å². The van der Waals surface area contributed by atoms with E-state index in [-0.39, 0.29) is 17.9 Å². The highest BCUT2D eigenvalue weighted by Gasteiger charge is 2.42. The van der Waals surface area contributed by atoms with Crippen LogP contribution in [0.1, 0.15) is 29.8 Å². The molecule has 4 rings (SSSR count). The Kier molecular flexibility index (Phi) is 5.57. The van der Waals surface area contributed by atoms with Gasteiger partial charge in [-0.25, -0.2) is 4.98 Å². The maximum Gasteiger partial charge on any atom is 0.270 e. The number of likely N-dealkylation sites (tertiary alicyclic amines) is 1. The molecule has 0 spiro atoms. The second kappa shape index (κ2) is 8.28. The zero-order chi connectivity index (χ0) is 20.4. The van der Waals surface area contributed by atoms with Crippen LogP contribution in [0.15, 0.2) is 30.9 Å². The van der Waals surface area contributed by atoms with Crippen molar-refractivity contribution in [3.05, 3.63) is 36.5 Å². The van der Waals surface area contributed by atoms with Gasteiger partial charge in [-0.3, -0.25) is 14.2 Å². The summed E-state index contributed by atoms with van der Waals surface area (Å²) < 4.78 is 1.67. The third-order valence-corrected chi connectivity index (χ3v) is 5.87. The van der Waals surface area contributed by atoms with Crippen LogP contribution in [0.2, 0.25) is 0 Å². The third-order valence-electron chi connectivity index (χ3n) is 5.87. The maximum atomic E-state index is 12.9. The number of nitrogens with one attached hydrogen (secondary N) is 1. The van der Waals surface area contributed by atoms with Gasteiger partial charge in [0.25, 0.3) is 5.91 Å². The van der Waals surface area contributed by atoms with Crippen molar-refractivity contribution in [2.24, 2.45) is 11.8 Å². The van der Waals surface area contributed by atoms with Crippen molar-refractivity contribution >= 4 is 11.8 Å². The van der Waals surface area contributed by atoms with Crippen molar-refractivity contribution < 1.29 is 9.59 Å². The fourth-order valence-corrected chi connectivity index (χ4v) is 4.48. The SMILES string of the molecule is CN(C)CC(=O)N1C[C@@H]2CCC[C@H](NC(=O)c3cccc(-n4cnnc4)n3)[C@@H]2C1. The largest absolute Gasteiger partial charge is 0.348 e. The molecular weight excluding hydrogens is 370 g/mol. The van der Waals surface area contributed by atoms with Gasteiger partial charge in [-0.15, -0.1) is 10.2 Å². The molecule has 29 heavy (non-hydrogen) atoms. The fourth-order valence-electron chi connectivity index (χ4n) is 4.48. The van der Waals surface area contributed by atoms with E-state index in [0.29, 0.717) is 29.9 Å². The lowest BCUT2D eigenvalue weighted by Crippen LogP contribution is -2.46. The Balaban J connectivity index is 1.43. The van der Waals surface area contributed by atoms with Crippen LogP contribution in [-0.2, 0) is 4.79 Å². The quantitative estimate of drug-likeness (QED) is 0.793. The molecule has 1 saturated heterocycles. The lowest BCUT2D eigenvalue weighted by molar-refractivity contribution is -0.131. The van der Waals surface area contributed by atoms with Gasteiger partial charge in [0.05, 0.1) is 6.54 Å². The van der Waals surface area contributed by atoms with Crippen LogP contribution < -0.4 is 5.32 Å². The molecule has 3 heterocycles. The minimum atomic E-state index is -0.177. The number of pyridine rings is 1. The van der Waals surface area contributed by atoms with Gasteiger partial charge >= 0.3 is 0 Å². The van der Waals surface area contributed by atoms with Crippen LogP contribution in [0.4, 0.5) is 0 Å². The predicted octanol–water partition coefficient (Wildman–Crippen LogP) is 0.581. The molecule has 1 N–H and O–H groups in total. The van der Waals surface area contributed by atoms with Gasteiger partial charge in [-0.05, 0) is 45.0 Å². The lowest BCUT2D eigenvalue weighted by Gasteiger charge is -2.33. The Hall–Kier alpha value is -2.81. The second-order valence-corrected chi connectivity index (χ2v) is 8.22. The average Bonchev–Trinajstić information content (AvgIpc) is 3.38. The van der Waals surface area contributed by atoms with E-state index in [1.807, 2.05) is 30.0 Å². The summed E-state index contributed by atoms with van der Waals surface area (Å²) in [5.41, 5.74) is 0.372. The molecule has 1 saturated carbocycles. The number of hydrogen-bond acceptors (Lipinski definition) is 6. The molecule has 1 aliphatic heterocycles. The van der Waals surface area contributed by atoms with Crippen molar-refractivity contribution in [1.29, 1.82) is 0 Å². The summed E-state index contributed by atoms with van der Waals surface area (Å²) in [6.45, 7) is 1.94. The number of amides is 2. The number of fused-ring (bicyclic) bond motifs is 1. The van der Waals surface area contributed by atoms with E-state index in [9.17, 15) is 9.59 Å². The molecule has 9 heteroatoms. The number of nitrogens with zero attached hydrogens (tertiary/aromatic N) is 6. The molecule has 0 bridgehead atoms. The monoisotopic (exact) mass is 397 g/mol. The minimum Gasteiger partial charge on any atom is -0.348 e. The van der Waals surface area contributed by atoms with Crippen molar-refractivity contribution in [3.8, 4) is 5.82 Å². The van der Waals surface area contributed by atoms with E-state index in [1.54, 1.807) is 29.4 Å². The normalized spacial score (nSPS) is 23.8. The summed E-state index contributed by atoms with van der Waals surface area (Å²) in [4.78, 5) is 33.7. The molecule has 0 radical (unpaired) electrons. The molecule has 2 aliphatic rings. The third kappa shape index (κ3) is 4.29. The molecule has 1 aliphatic carbocycles. The molecule has 2 aromatic rings. The van der Waals surface area contributed by atoms with E-state index in [4.69, 9.17) is 0 Å². The van der Waals surface area contributed by atoms with E-state index in [2.05, 4.69) is 20.5 Å². The Morgan fingerprint density at radius 2 is 1.97 bits per heavy atom. The number of likely N-dealkylation sites (N-methyl/N-ethyl adjacent to an activating group) is 1. The molecule has 3 atom stereocenters. The van der Waals surface area contributed by atoms with Crippen molar-refractivity contribution in [2.75, 3.05) is 33.7 Å². The van der Waals surface area contributed by atoms with Crippen LogP contribution in [0, 0.1) is 11.8 Å². The summed E-state index contributed by atoms with van der Waals surface area (Å²) in [6.07, 6.45) is 6.22. The van der Waals surface area contributed by atoms with Crippen molar-refractivity contribution in [1.82, 2.24) is 34.9 Å². The van der Waals surface area contributed by atoms with E-state index in [1.165, 1.54) is 0 Å². The summed E-state index contributed by atoms with van der Waals surface area (Å²) in [5, 5.41) is 10.7. The first-order valence-corrected chi connectivity index (χ1v) is 10.1. The second-order valence-electron chi connectivity index (χ2n) is 8.22. The van der Waals surface area contributed by atoms with Gasteiger partial charge in [0, 0.05) is 25.0 Å². The van der Waals surface area contributed by atoms with Gasteiger partial charge in [0.15, 0.2) is 0 Å². The number of hydrogen-bond donors (Lipinski definition) is 1. The van der Waals surface area contributed by atoms with Crippen LogP contribution in [0.25, 0.3) is 5.82 Å². The van der Waals surface area contributed by atoms with E-state index >= 15 is 0 Å². The van der Waals surface area contributed by atoms with Gasteiger partial charge in [0.1, 0.15) is 24.2 Å². The Bertz CT molecular complexity index is 867. The Morgan fingerprint density at radius 1 is 1.17 bits per heavy atom. The van der Waals surface area contributed by atoms with Crippen molar-refractivity contribution in [2.45, 2.75) is 25.3 Å². The number of carbonyl (C=O) groups excluding carboxylic acids is 2. The summed E-state index contributed by atoms with van der Waals surface area (Å²) in [5.74, 6) is 1.35. The zero-order valence-corrected chi connectivity index (χ0v) is 16.9. The van der Waals surface area contributed by atoms with Gasteiger partial charge in [-0.2, -0.15) is 0 Å². The van der Waals surface area contributed by atoms with Gasteiger partial charge in [-0.1, -0.05) is 12.5 Å². The fraction of sp³-hybridized carbons (Fsp3) is 0.550. The smallest absolute Gasteiger partial charge is 0.270 e. The predicted molar refractivity (Wildman–Crippen MR) is 106 cm³/mol. The highest BCUT2D eigenvalue weighted by Crippen LogP contribution is 2.36. The van der Waals surface area contributed by atoms with Crippen LogP contribution >= 0.6 is 0 Å². The first kappa shape index (κ1) is 19.5. The Labute approximate surface area is 170 Å². The average molecular weight is 397 g/mol. The molecule has 0 unspecified atom stereocenters. The zero-order valence-electron chi connectivity index (χ0n) is 16.9. The summed E-state index contributed by atoms with van der Waals surface area (Å²) in [6, 6.07) is 5.39. The number of aromatic nitrogens is 4. The standard InChI is InChI=1S/C20H27N7O2/c1-25(2)11-19(28)26-9-14-5-3-6-16(15(14)10-26)24-20(29)17-7-4-8-18(23-17)27-12-21-22-13-27/h4,7-8,12-16H,3,5-6,9-11H2,1-2H3,(H,24,29)/t14-,15+,16-/m0/s1. The number of carbonyl (C=O) groups is 2. The molecule has 2 fully saturated rings. The molecule has 2 aromatic heterocycles. The highest BCUT2D eigenvalue weighted by molar-refractivity contribution is 5.92. The highest BCUT2D eigenvalue weighted by atomic mass is 16.2.